The Labute approximate surface area is 103 Å². The van der Waals surface area contributed by atoms with Crippen LogP contribution in [0.4, 0.5) is 0 Å². The van der Waals surface area contributed by atoms with Gasteiger partial charge in [-0.15, -0.1) is 0 Å². The summed E-state index contributed by atoms with van der Waals surface area (Å²) in [4.78, 5) is 0. The Morgan fingerprint density at radius 3 is 2.94 bits per heavy atom. The van der Waals surface area contributed by atoms with Gasteiger partial charge in [0.2, 0.25) is 0 Å². The Balaban J connectivity index is 1.82. The Morgan fingerprint density at radius 2 is 2.12 bits per heavy atom. The first-order valence-corrected chi connectivity index (χ1v) is 6.69. The third kappa shape index (κ3) is 2.12. The smallest absolute Gasteiger partial charge is 0.0740 e. The first-order valence-electron chi connectivity index (χ1n) is 6.69. The van der Waals surface area contributed by atoms with E-state index < -0.39 is 0 Å². The molecule has 2 aliphatic rings. The van der Waals surface area contributed by atoms with Gasteiger partial charge in [-0.3, -0.25) is 0 Å². The zero-order valence-corrected chi connectivity index (χ0v) is 10.5. The van der Waals surface area contributed by atoms with Gasteiger partial charge in [0.15, 0.2) is 0 Å². The second kappa shape index (κ2) is 4.43. The van der Waals surface area contributed by atoms with Crippen LogP contribution in [0.25, 0.3) is 0 Å². The van der Waals surface area contributed by atoms with E-state index in [-0.39, 0.29) is 5.60 Å². The summed E-state index contributed by atoms with van der Waals surface area (Å²) in [6.07, 6.45) is 5.77. The minimum absolute atomic E-state index is 0.111. The molecule has 17 heavy (non-hydrogen) atoms. The summed E-state index contributed by atoms with van der Waals surface area (Å²) in [6.45, 7) is 0.910. The summed E-state index contributed by atoms with van der Waals surface area (Å²) >= 11 is 0. The molecule has 2 unspecified atom stereocenters. The largest absolute Gasteiger partial charge is 0.375 e. The molecule has 2 nitrogen and oxygen atoms in total. The molecule has 1 heterocycles. The number of fused-ring (bicyclic) bond motifs is 1. The highest BCUT2D eigenvalue weighted by molar-refractivity contribution is 5.31. The molecule has 2 atom stereocenters. The van der Waals surface area contributed by atoms with Crippen LogP contribution in [0.5, 0.6) is 0 Å². The summed E-state index contributed by atoms with van der Waals surface area (Å²) in [7, 11) is 2.07. The zero-order chi connectivity index (χ0) is 11.7. The van der Waals surface area contributed by atoms with E-state index in [1.165, 1.54) is 24.0 Å². The summed E-state index contributed by atoms with van der Waals surface area (Å²) in [5, 5.41) is 3.42. The maximum atomic E-state index is 6.16. The van der Waals surface area contributed by atoms with E-state index in [9.17, 15) is 0 Å². The lowest BCUT2D eigenvalue weighted by atomic mass is 9.75. The van der Waals surface area contributed by atoms with E-state index in [0.29, 0.717) is 6.04 Å². The van der Waals surface area contributed by atoms with Gasteiger partial charge in [0, 0.05) is 19.1 Å². The molecule has 0 radical (unpaired) electrons. The van der Waals surface area contributed by atoms with Crippen LogP contribution >= 0.6 is 0 Å². The maximum Gasteiger partial charge on any atom is 0.0740 e. The molecule has 0 saturated carbocycles. The third-order valence-corrected chi connectivity index (χ3v) is 4.38. The van der Waals surface area contributed by atoms with Crippen LogP contribution in [0.15, 0.2) is 24.3 Å². The molecule has 1 aliphatic heterocycles. The van der Waals surface area contributed by atoms with Gasteiger partial charge in [0.25, 0.3) is 0 Å². The Morgan fingerprint density at radius 1 is 1.29 bits per heavy atom. The number of benzene rings is 1. The van der Waals surface area contributed by atoms with Crippen molar-refractivity contribution in [1.29, 1.82) is 0 Å². The third-order valence-electron chi connectivity index (χ3n) is 4.38. The monoisotopic (exact) mass is 231 g/mol. The van der Waals surface area contributed by atoms with Crippen LogP contribution in [-0.2, 0) is 17.6 Å². The minimum atomic E-state index is 0.111. The zero-order valence-electron chi connectivity index (χ0n) is 10.5. The molecule has 0 amide bonds. The van der Waals surface area contributed by atoms with Crippen LogP contribution in [0.1, 0.15) is 30.4 Å². The van der Waals surface area contributed by atoms with Crippen molar-refractivity contribution in [3.63, 3.8) is 0 Å². The van der Waals surface area contributed by atoms with Crippen LogP contribution in [0, 0.1) is 0 Å². The molecule has 3 rings (SSSR count). The fourth-order valence-electron chi connectivity index (χ4n) is 3.34. The maximum absolute atomic E-state index is 6.16. The molecule has 1 aliphatic carbocycles. The fourth-order valence-corrected chi connectivity index (χ4v) is 3.34. The summed E-state index contributed by atoms with van der Waals surface area (Å²) in [5.41, 5.74) is 3.13. The van der Waals surface area contributed by atoms with Crippen LogP contribution < -0.4 is 5.32 Å². The topological polar surface area (TPSA) is 21.3 Å². The van der Waals surface area contributed by atoms with E-state index >= 15 is 0 Å². The summed E-state index contributed by atoms with van der Waals surface area (Å²) in [6, 6.07) is 9.46. The van der Waals surface area contributed by atoms with E-state index in [4.69, 9.17) is 4.74 Å². The Kier molecular flexibility index (Phi) is 2.93. The fraction of sp³-hybridized carbons (Fsp3) is 0.600. The Bertz CT molecular complexity index is 404. The molecule has 92 valence electrons. The molecule has 0 aromatic heterocycles. The highest BCUT2D eigenvalue weighted by atomic mass is 16.5. The first-order chi connectivity index (χ1) is 8.31. The van der Waals surface area contributed by atoms with Gasteiger partial charge in [-0.1, -0.05) is 24.3 Å². The van der Waals surface area contributed by atoms with Gasteiger partial charge in [0.05, 0.1) is 5.60 Å². The van der Waals surface area contributed by atoms with E-state index in [1.54, 1.807) is 0 Å². The number of hydrogen-bond acceptors (Lipinski definition) is 2. The van der Waals surface area contributed by atoms with Crippen LogP contribution in [0.2, 0.25) is 0 Å². The minimum Gasteiger partial charge on any atom is -0.375 e. The van der Waals surface area contributed by atoms with Crippen LogP contribution in [0.3, 0.4) is 0 Å². The van der Waals surface area contributed by atoms with Gasteiger partial charge in [-0.05, 0) is 43.9 Å². The normalized spacial score (nSPS) is 32.4. The number of ether oxygens (including phenoxy) is 1. The number of rotatable bonds is 1. The van der Waals surface area contributed by atoms with Crippen molar-refractivity contribution in [2.75, 3.05) is 13.7 Å². The van der Waals surface area contributed by atoms with Crippen molar-refractivity contribution < 1.29 is 4.74 Å². The number of aryl methyl sites for hydroxylation is 1. The van der Waals surface area contributed by atoms with Gasteiger partial charge in [-0.25, -0.2) is 0 Å². The van der Waals surface area contributed by atoms with Crippen molar-refractivity contribution in [2.24, 2.45) is 0 Å². The van der Waals surface area contributed by atoms with Crippen molar-refractivity contribution in [3.8, 4) is 0 Å². The Hall–Kier alpha value is -0.860. The predicted molar refractivity (Wildman–Crippen MR) is 69.2 cm³/mol. The molecular formula is C15H21NO. The molecule has 1 aromatic rings. The summed E-state index contributed by atoms with van der Waals surface area (Å²) < 4.78 is 6.16. The van der Waals surface area contributed by atoms with Gasteiger partial charge >= 0.3 is 0 Å². The van der Waals surface area contributed by atoms with Crippen molar-refractivity contribution >= 4 is 0 Å². The van der Waals surface area contributed by atoms with E-state index in [1.807, 2.05) is 0 Å². The average Bonchev–Trinajstić information content (AvgIpc) is 2.38. The molecular weight excluding hydrogens is 210 g/mol. The van der Waals surface area contributed by atoms with Gasteiger partial charge in [0.1, 0.15) is 0 Å². The number of nitrogens with one attached hydrogen (secondary N) is 1. The SMILES string of the molecule is CNC1CCOC2(CCc3ccccc3C2)C1. The lowest BCUT2D eigenvalue weighted by molar-refractivity contribution is -0.0954. The number of hydrogen-bond donors (Lipinski definition) is 1. The second-order valence-corrected chi connectivity index (χ2v) is 5.46. The van der Waals surface area contributed by atoms with Gasteiger partial charge in [-0.2, -0.15) is 0 Å². The van der Waals surface area contributed by atoms with E-state index in [2.05, 4.69) is 36.6 Å². The molecule has 2 heteroatoms. The quantitative estimate of drug-likeness (QED) is 0.801. The molecule has 1 saturated heterocycles. The lowest BCUT2D eigenvalue weighted by Crippen LogP contribution is -2.49. The average molecular weight is 231 g/mol. The van der Waals surface area contributed by atoms with Crippen molar-refractivity contribution in [2.45, 2.75) is 43.7 Å². The molecule has 1 fully saturated rings. The lowest BCUT2D eigenvalue weighted by Gasteiger charge is -2.44. The molecule has 1 N–H and O–H groups in total. The predicted octanol–water partition coefficient (Wildman–Crippen LogP) is 2.31. The van der Waals surface area contributed by atoms with Crippen molar-refractivity contribution in [3.05, 3.63) is 35.4 Å². The molecule has 1 aromatic carbocycles. The standard InChI is InChI=1S/C15H21NO/c1-16-14-7-9-17-15(11-14)8-6-12-4-2-3-5-13(12)10-15/h2-5,14,16H,6-11H2,1H3. The summed E-state index contributed by atoms with van der Waals surface area (Å²) in [5.74, 6) is 0. The highest BCUT2D eigenvalue weighted by Gasteiger charge is 2.39. The van der Waals surface area contributed by atoms with Gasteiger partial charge < -0.3 is 10.1 Å². The molecule has 0 bridgehead atoms. The highest BCUT2D eigenvalue weighted by Crippen LogP contribution is 2.37. The van der Waals surface area contributed by atoms with Crippen molar-refractivity contribution in [1.82, 2.24) is 5.32 Å². The molecule has 1 spiro atoms. The van der Waals surface area contributed by atoms with E-state index in [0.717, 1.165) is 25.9 Å². The second-order valence-electron chi connectivity index (χ2n) is 5.46. The van der Waals surface area contributed by atoms with Crippen LogP contribution in [-0.4, -0.2) is 25.3 Å². The first kappa shape index (κ1) is 11.2.